The van der Waals surface area contributed by atoms with E-state index < -0.39 is 23.9 Å². The van der Waals surface area contributed by atoms with E-state index in [1.807, 2.05) is 23.1 Å². The monoisotopic (exact) mass is 573 g/mol. The Morgan fingerprint density at radius 2 is 1.67 bits per heavy atom. The van der Waals surface area contributed by atoms with E-state index in [9.17, 15) is 26.3 Å². The zero-order valence-electron chi connectivity index (χ0n) is 20.0. The van der Waals surface area contributed by atoms with Gasteiger partial charge in [-0.3, -0.25) is 0 Å². The van der Waals surface area contributed by atoms with Crippen molar-refractivity contribution in [3.8, 4) is 0 Å². The predicted molar refractivity (Wildman–Crippen MR) is 132 cm³/mol. The number of morpholine rings is 1. The second-order valence-electron chi connectivity index (χ2n) is 8.69. The smallest absolute Gasteiger partial charge is 0.475 e. The summed E-state index contributed by atoms with van der Waals surface area (Å²) in [7, 11) is 0. The van der Waals surface area contributed by atoms with Crippen molar-refractivity contribution in [3.05, 3.63) is 70.3 Å². The van der Waals surface area contributed by atoms with E-state index in [1.165, 1.54) is 12.1 Å². The van der Waals surface area contributed by atoms with E-state index in [1.54, 1.807) is 0 Å². The second kappa shape index (κ2) is 10.9. The van der Waals surface area contributed by atoms with Crippen LogP contribution in [0.1, 0.15) is 33.9 Å². The highest BCUT2D eigenvalue weighted by molar-refractivity contribution is 7.80. The molecule has 0 radical (unpaired) electrons. The van der Waals surface area contributed by atoms with Gasteiger partial charge in [-0.05, 0) is 41.5 Å². The van der Waals surface area contributed by atoms with E-state index in [-0.39, 0.29) is 6.04 Å². The predicted octanol–water partition coefficient (Wildman–Crippen LogP) is 5.25. The first-order valence-corrected chi connectivity index (χ1v) is 11.8. The lowest BCUT2D eigenvalue weighted by molar-refractivity contribution is -0.192. The van der Waals surface area contributed by atoms with Crippen LogP contribution in [0.5, 0.6) is 0 Å². The van der Waals surface area contributed by atoms with Crippen molar-refractivity contribution in [2.45, 2.75) is 31.6 Å². The topological polar surface area (TPSA) is 97.9 Å². The molecule has 5 rings (SSSR count). The van der Waals surface area contributed by atoms with Crippen molar-refractivity contribution in [3.63, 3.8) is 0 Å². The molecular weight excluding hydrogens is 552 g/mol. The third-order valence-electron chi connectivity index (χ3n) is 6.23. The van der Waals surface area contributed by atoms with Gasteiger partial charge in [0.25, 0.3) is 0 Å². The molecule has 2 aliphatic heterocycles. The van der Waals surface area contributed by atoms with Crippen LogP contribution >= 0.6 is 12.2 Å². The number of alkyl halides is 6. The molecule has 0 aliphatic carbocycles. The van der Waals surface area contributed by atoms with Crippen molar-refractivity contribution < 1.29 is 45.7 Å². The van der Waals surface area contributed by atoms with Gasteiger partial charge < -0.3 is 25.2 Å². The molecule has 1 fully saturated rings. The quantitative estimate of drug-likeness (QED) is 0.317. The van der Waals surface area contributed by atoms with Crippen LogP contribution in [-0.2, 0) is 33.7 Å². The number of carboxylic acids is 1. The van der Waals surface area contributed by atoms with E-state index in [0.29, 0.717) is 43.8 Å². The number of fused-ring (bicyclic) bond motifs is 3. The Balaban J connectivity index is 0.000000448. The molecule has 1 atom stereocenters. The number of pyridine rings is 1. The van der Waals surface area contributed by atoms with Crippen LogP contribution in [0, 0.1) is 0 Å². The maximum Gasteiger partial charge on any atom is 0.490 e. The Hall–Kier alpha value is -3.49. The highest BCUT2D eigenvalue weighted by Crippen LogP contribution is 2.34. The number of rotatable bonds is 2. The Morgan fingerprint density at radius 1 is 1.03 bits per heavy atom. The van der Waals surface area contributed by atoms with E-state index >= 15 is 0 Å². The fraction of sp³-hybridized carbons (Fsp3) is 0.320. The van der Waals surface area contributed by atoms with Crippen molar-refractivity contribution in [2.75, 3.05) is 25.5 Å². The summed E-state index contributed by atoms with van der Waals surface area (Å²) in [6.45, 7) is 2.30. The number of anilines is 1. The van der Waals surface area contributed by atoms with Gasteiger partial charge in [-0.25, -0.2) is 9.78 Å². The first-order chi connectivity index (χ1) is 18.3. The van der Waals surface area contributed by atoms with Crippen LogP contribution in [0.4, 0.5) is 32.2 Å². The SMILES string of the molecule is Nc1nc2ccc(C(=S)N3CCOC[C@@H]3c3ccc(C(F)(F)F)cc3)cc2c2c1COC2.O=C(O)C(F)(F)F. The molecular formula is C25H21F6N3O4S. The van der Waals surface area contributed by atoms with Gasteiger partial charge in [0, 0.05) is 23.1 Å². The number of thiocarbonyl (C=S) groups is 1. The first-order valence-electron chi connectivity index (χ1n) is 11.4. The minimum absolute atomic E-state index is 0.271. The molecule has 3 aromatic rings. The maximum atomic E-state index is 13.0. The van der Waals surface area contributed by atoms with Gasteiger partial charge in [0.2, 0.25) is 0 Å². The lowest BCUT2D eigenvalue weighted by Crippen LogP contribution is -2.43. The van der Waals surface area contributed by atoms with Gasteiger partial charge in [0.05, 0.1) is 43.5 Å². The van der Waals surface area contributed by atoms with Crippen LogP contribution in [0.25, 0.3) is 10.9 Å². The Morgan fingerprint density at radius 3 is 2.28 bits per heavy atom. The minimum atomic E-state index is -5.08. The number of nitrogens with zero attached hydrogens (tertiary/aromatic N) is 2. The average molecular weight is 574 g/mol. The first kappa shape index (κ1) is 28.5. The molecule has 0 saturated carbocycles. The Bertz CT molecular complexity index is 1400. The highest BCUT2D eigenvalue weighted by atomic mass is 32.1. The number of halogens is 6. The summed E-state index contributed by atoms with van der Waals surface area (Å²) in [6.07, 6.45) is -9.46. The van der Waals surface area contributed by atoms with E-state index in [0.717, 1.165) is 45.3 Å². The number of hydrogen-bond donors (Lipinski definition) is 2. The number of nitrogen functional groups attached to an aromatic ring is 1. The molecule has 14 heteroatoms. The van der Waals surface area contributed by atoms with E-state index in [4.69, 9.17) is 37.3 Å². The van der Waals surface area contributed by atoms with Gasteiger partial charge in [0.15, 0.2) is 0 Å². The van der Waals surface area contributed by atoms with Crippen LogP contribution in [0.3, 0.4) is 0 Å². The summed E-state index contributed by atoms with van der Waals surface area (Å²) >= 11 is 5.83. The van der Waals surface area contributed by atoms with Crippen molar-refractivity contribution in [1.29, 1.82) is 0 Å². The molecule has 0 unspecified atom stereocenters. The van der Waals surface area contributed by atoms with Crippen LogP contribution in [0.2, 0.25) is 0 Å². The molecule has 0 bridgehead atoms. The highest BCUT2D eigenvalue weighted by Gasteiger charge is 2.38. The normalized spacial score (nSPS) is 17.4. The molecule has 1 saturated heterocycles. The number of aromatic nitrogens is 1. The lowest BCUT2D eigenvalue weighted by atomic mass is 10.00. The van der Waals surface area contributed by atoms with Gasteiger partial charge in [-0.2, -0.15) is 26.3 Å². The average Bonchev–Trinajstić information content (AvgIpc) is 3.39. The maximum absolute atomic E-state index is 13.0. The van der Waals surface area contributed by atoms with Crippen molar-refractivity contribution in [1.82, 2.24) is 9.88 Å². The molecule has 3 N–H and O–H groups in total. The minimum Gasteiger partial charge on any atom is -0.475 e. The summed E-state index contributed by atoms with van der Waals surface area (Å²) in [6, 6.07) is 10.7. The molecule has 208 valence electrons. The largest absolute Gasteiger partial charge is 0.490 e. The lowest BCUT2D eigenvalue weighted by Gasteiger charge is -2.38. The summed E-state index contributed by atoms with van der Waals surface area (Å²) < 4.78 is 81.8. The van der Waals surface area contributed by atoms with Gasteiger partial charge in [-0.1, -0.05) is 24.4 Å². The number of nitrogens with two attached hydrogens (primary N) is 1. The molecule has 2 aromatic carbocycles. The third-order valence-corrected chi connectivity index (χ3v) is 6.70. The number of benzene rings is 2. The summed E-state index contributed by atoms with van der Waals surface area (Å²) in [4.78, 5) is 16.0. The summed E-state index contributed by atoms with van der Waals surface area (Å²) in [5.41, 5.74) is 9.67. The Kier molecular flexibility index (Phi) is 8.00. The number of aliphatic carboxylic acids is 1. The van der Waals surface area contributed by atoms with Crippen molar-refractivity contribution in [2.24, 2.45) is 0 Å². The second-order valence-corrected chi connectivity index (χ2v) is 9.08. The van der Waals surface area contributed by atoms with Gasteiger partial charge >= 0.3 is 18.3 Å². The molecule has 3 heterocycles. The number of carboxylic acid groups (broad SMARTS) is 1. The van der Waals surface area contributed by atoms with Crippen LogP contribution < -0.4 is 5.73 Å². The van der Waals surface area contributed by atoms with Gasteiger partial charge in [0.1, 0.15) is 10.8 Å². The molecule has 2 aliphatic rings. The zero-order valence-corrected chi connectivity index (χ0v) is 20.8. The molecule has 1 aromatic heterocycles. The molecule has 0 amide bonds. The third kappa shape index (κ3) is 6.23. The van der Waals surface area contributed by atoms with Crippen LogP contribution in [0.15, 0.2) is 42.5 Å². The molecule has 7 nitrogen and oxygen atoms in total. The summed E-state index contributed by atoms with van der Waals surface area (Å²) in [5.74, 6) is -2.27. The molecule has 0 spiro atoms. The van der Waals surface area contributed by atoms with E-state index in [2.05, 4.69) is 4.98 Å². The zero-order chi connectivity index (χ0) is 28.5. The van der Waals surface area contributed by atoms with Crippen molar-refractivity contribution >= 4 is 39.9 Å². The molecule has 39 heavy (non-hydrogen) atoms. The number of ether oxygens (including phenoxy) is 2. The van der Waals surface area contributed by atoms with Crippen LogP contribution in [-0.4, -0.2) is 51.9 Å². The number of carbonyl (C=O) groups is 1. The Labute approximate surface area is 223 Å². The summed E-state index contributed by atoms with van der Waals surface area (Å²) in [5, 5.41) is 8.07. The number of hydrogen-bond acceptors (Lipinski definition) is 6. The fourth-order valence-corrected chi connectivity index (χ4v) is 4.63. The van der Waals surface area contributed by atoms with Gasteiger partial charge in [-0.15, -0.1) is 0 Å². The standard InChI is InChI=1S/C23H20F3N3O2S.C2HF3O2/c24-23(25,26)15-4-1-13(2-5-15)20-12-30-8-7-29(20)22(32)14-3-6-19-16(9-14)17-10-31-11-18(17)21(27)28-19;3-2(4,5)1(6)7/h1-6,9,20H,7-8,10-12H2,(H2,27,28);(H,6,7)/t20-;/m1./s1. The fourth-order valence-electron chi connectivity index (χ4n) is 4.29.